The lowest BCUT2D eigenvalue weighted by Crippen LogP contribution is -2.57. The number of aliphatic hydroxyl groups is 2. The average Bonchev–Trinajstić information content (AvgIpc) is 3.53. The molecule has 36 heavy (non-hydrogen) atoms. The molecule has 0 saturated carbocycles. The Morgan fingerprint density at radius 2 is 1.89 bits per heavy atom. The van der Waals surface area contributed by atoms with Crippen molar-refractivity contribution in [1.29, 1.82) is 0 Å². The van der Waals surface area contributed by atoms with Crippen LogP contribution in [0.2, 0.25) is 5.02 Å². The van der Waals surface area contributed by atoms with E-state index >= 15 is 0 Å². The van der Waals surface area contributed by atoms with Crippen LogP contribution in [0.5, 0.6) is 0 Å². The number of hydrogen-bond acceptors (Lipinski definition) is 8. The van der Waals surface area contributed by atoms with Gasteiger partial charge in [0.15, 0.2) is 11.6 Å². The van der Waals surface area contributed by atoms with Gasteiger partial charge in [0.25, 0.3) is 0 Å². The van der Waals surface area contributed by atoms with E-state index in [0.29, 0.717) is 5.69 Å². The molecule has 5 atom stereocenters. The second kappa shape index (κ2) is 10.4. The van der Waals surface area contributed by atoms with Gasteiger partial charge in [-0.05, 0) is 26.0 Å². The molecular weight excluding hydrogens is 505 g/mol. The van der Waals surface area contributed by atoms with E-state index in [0.717, 1.165) is 0 Å². The SMILES string of the molecule is CO[C@@H]1[C@@H](n2cc(-c3ccc(Cl)c(F)c3F)nn2)[C@@H](O)[C@@H](CO)O[C@@H]1Cc1cn(C(C)(C)CF)nn1. The first-order valence-corrected chi connectivity index (χ1v) is 11.5. The first kappa shape index (κ1) is 26.5. The van der Waals surface area contributed by atoms with E-state index in [1.54, 1.807) is 20.0 Å². The van der Waals surface area contributed by atoms with Crippen LogP contribution in [0.15, 0.2) is 24.5 Å². The Morgan fingerprint density at radius 1 is 1.14 bits per heavy atom. The lowest BCUT2D eigenvalue weighted by molar-refractivity contribution is -0.212. The highest BCUT2D eigenvalue weighted by atomic mass is 35.5. The van der Waals surface area contributed by atoms with E-state index in [4.69, 9.17) is 21.1 Å². The zero-order chi connectivity index (χ0) is 26.2. The van der Waals surface area contributed by atoms with E-state index in [-0.39, 0.29) is 22.7 Å². The number of aliphatic hydroxyl groups excluding tert-OH is 2. The zero-order valence-corrected chi connectivity index (χ0v) is 20.5. The van der Waals surface area contributed by atoms with Crippen LogP contribution in [-0.2, 0) is 21.4 Å². The van der Waals surface area contributed by atoms with Gasteiger partial charge in [-0.15, -0.1) is 10.2 Å². The van der Waals surface area contributed by atoms with Gasteiger partial charge in [-0.3, -0.25) is 0 Å². The molecule has 1 aliphatic rings. The molecule has 196 valence electrons. The second-order valence-corrected chi connectivity index (χ2v) is 9.60. The van der Waals surface area contributed by atoms with Crippen LogP contribution < -0.4 is 0 Å². The fourth-order valence-corrected chi connectivity index (χ4v) is 4.30. The second-order valence-electron chi connectivity index (χ2n) is 9.19. The summed E-state index contributed by atoms with van der Waals surface area (Å²) in [6, 6.07) is 1.56. The highest BCUT2D eigenvalue weighted by molar-refractivity contribution is 6.30. The van der Waals surface area contributed by atoms with E-state index < -0.39 is 60.9 Å². The lowest BCUT2D eigenvalue weighted by atomic mass is 9.90. The third-order valence-electron chi connectivity index (χ3n) is 6.26. The topological polar surface area (TPSA) is 120 Å². The minimum Gasteiger partial charge on any atom is -0.394 e. The molecule has 0 amide bonds. The summed E-state index contributed by atoms with van der Waals surface area (Å²) < 4.78 is 56.0. The Labute approximate surface area is 209 Å². The summed E-state index contributed by atoms with van der Waals surface area (Å²) in [5.74, 6) is -2.40. The smallest absolute Gasteiger partial charge is 0.178 e. The number of benzene rings is 1. The first-order chi connectivity index (χ1) is 17.1. The van der Waals surface area contributed by atoms with Crippen LogP contribution >= 0.6 is 11.6 Å². The number of halogens is 4. The molecule has 1 saturated heterocycles. The minimum absolute atomic E-state index is 0.00473. The maximum atomic E-state index is 14.4. The van der Waals surface area contributed by atoms with E-state index in [1.807, 2.05) is 0 Å². The molecule has 0 unspecified atom stereocenters. The van der Waals surface area contributed by atoms with Gasteiger partial charge in [-0.1, -0.05) is 22.0 Å². The molecule has 3 heterocycles. The third kappa shape index (κ3) is 4.85. The van der Waals surface area contributed by atoms with Crippen molar-refractivity contribution in [3.05, 3.63) is 46.9 Å². The number of nitrogens with zero attached hydrogens (tertiary/aromatic N) is 6. The molecule has 0 spiro atoms. The fraction of sp³-hybridized carbons (Fsp3) is 0.545. The predicted molar refractivity (Wildman–Crippen MR) is 121 cm³/mol. The quantitative estimate of drug-likeness (QED) is 0.425. The number of hydrogen-bond donors (Lipinski definition) is 2. The molecule has 1 aliphatic heterocycles. The molecule has 2 aromatic heterocycles. The lowest BCUT2D eigenvalue weighted by Gasteiger charge is -2.43. The molecule has 0 bridgehead atoms. The van der Waals surface area contributed by atoms with Crippen molar-refractivity contribution >= 4 is 11.6 Å². The summed E-state index contributed by atoms with van der Waals surface area (Å²) in [4.78, 5) is 0. The Bertz CT molecular complexity index is 1210. The van der Waals surface area contributed by atoms with Crippen molar-refractivity contribution in [3.8, 4) is 11.3 Å². The van der Waals surface area contributed by atoms with Gasteiger partial charge in [0.1, 0.15) is 36.7 Å². The van der Waals surface area contributed by atoms with Crippen molar-refractivity contribution in [2.45, 2.75) is 56.3 Å². The van der Waals surface area contributed by atoms with E-state index in [1.165, 1.54) is 34.8 Å². The number of aromatic nitrogens is 6. The maximum Gasteiger partial charge on any atom is 0.178 e. The highest BCUT2D eigenvalue weighted by Gasteiger charge is 2.47. The monoisotopic (exact) mass is 530 g/mol. The van der Waals surface area contributed by atoms with Crippen LogP contribution in [-0.4, -0.2) is 85.0 Å². The fourth-order valence-electron chi connectivity index (χ4n) is 4.15. The van der Waals surface area contributed by atoms with Crippen molar-refractivity contribution in [3.63, 3.8) is 0 Å². The van der Waals surface area contributed by atoms with Crippen molar-refractivity contribution in [1.82, 2.24) is 30.0 Å². The summed E-state index contributed by atoms with van der Waals surface area (Å²) in [6.07, 6.45) is -0.739. The van der Waals surface area contributed by atoms with Crippen molar-refractivity contribution in [2.75, 3.05) is 20.4 Å². The molecule has 0 aliphatic carbocycles. The van der Waals surface area contributed by atoms with Gasteiger partial charge in [-0.25, -0.2) is 22.5 Å². The van der Waals surface area contributed by atoms with E-state index in [9.17, 15) is 23.4 Å². The zero-order valence-electron chi connectivity index (χ0n) is 19.7. The summed E-state index contributed by atoms with van der Waals surface area (Å²) in [6.45, 7) is 2.19. The van der Waals surface area contributed by atoms with Crippen LogP contribution in [0.25, 0.3) is 11.3 Å². The van der Waals surface area contributed by atoms with Gasteiger partial charge < -0.3 is 19.7 Å². The Kier molecular flexibility index (Phi) is 7.67. The summed E-state index contributed by atoms with van der Waals surface area (Å²) in [7, 11) is 1.41. The maximum absolute atomic E-state index is 14.4. The Balaban J connectivity index is 1.65. The molecule has 10 nitrogen and oxygen atoms in total. The van der Waals surface area contributed by atoms with Crippen LogP contribution in [0.1, 0.15) is 25.6 Å². The third-order valence-corrected chi connectivity index (χ3v) is 6.55. The predicted octanol–water partition coefficient (Wildman–Crippen LogP) is 2.09. The van der Waals surface area contributed by atoms with Gasteiger partial charge in [0, 0.05) is 25.3 Å². The largest absolute Gasteiger partial charge is 0.394 e. The van der Waals surface area contributed by atoms with Gasteiger partial charge in [0.05, 0.1) is 35.2 Å². The van der Waals surface area contributed by atoms with Gasteiger partial charge in [0.2, 0.25) is 0 Å². The number of methoxy groups -OCH3 is 1. The summed E-state index contributed by atoms with van der Waals surface area (Å²) >= 11 is 5.63. The molecule has 14 heteroatoms. The van der Waals surface area contributed by atoms with Crippen LogP contribution in [0, 0.1) is 11.6 Å². The summed E-state index contributed by atoms with van der Waals surface area (Å²) in [5.41, 5.74) is -0.571. The normalized spacial score (nSPS) is 24.9. The Morgan fingerprint density at radius 3 is 2.56 bits per heavy atom. The molecule has 4 rings (SSSR count). The number of ether oxygens (including phenoxy) is 2. The Hall–Kier alpha value is -2.58. The van der Waals surface area contributed by atoms with Crippen molar-refractivity contribution < 1.29 is 32.9 Å². The first-order valence-electron chi connectivity index (χ1n) is 11.1. The molecule has 0 radical (unpaired) electrons. The minimum atomic E-state index is -1.28. The molecule has 2 N–H and O–H groups in total. The average molecular weight is 531 g/mol. The van der Waals surface area contributed by atoms with Crippen molar-refractivity contribution in [2.24, 2.45) is 0 Å². The van der Waals surface area contributed by atoms with Crippen LogP contribution in [0.3, 0.4) is 0 Å². The van der Waals surface area contributed by atoms with Crippen LogP contribution in [0.4, 0.5) is 13.2 Å². The number of alkyl halides is 1. The highest BCUT2D eigenvalue weighted by Crippen LogP contribution is 2.34. The molecule has 1 fully saturated rings. The molecular formula is C22H26ClF3N6O4. The van der Waals surface area contributed by atoms with Gasteiger partial charge in [-0.2, -0.15) is 0 Å². The van der Waals surface area contributed by atoms with E-state index in [2.05, 4.69) is 20.6 Å². The summed E-state index contributed by atoms with van der Waals surface area (Å²) in [5, 5.41) is 36.4. The van der Waals surface area contributed by atoms with Gasteiger partial charge >= 0.3 is 0 Å². The molecule has 1 aromatic carbocycles. The standard InChI is InChI=1S/C22H26ClF3N6O4/c1-22(2,10-24)32-7-11(27-30-32)6-15-21(35-3)19(20(34)16(9-33)36-15)31-8-14(28-29-31)12-4-5-13(23)18(26)17(12)25/h4-5,7-8,15-16,19-21,33-34H,6,9-10H2,1-3H3/t15-,16-,19+,20+,21+/m1/s1. The number of rotatable bonds is 8. The molecule has 3 aromatic rings.